The number of alkyl halides is 3. The van der Waals surface area contributed by atoms with Gasteiger partial charge in [-0.15, -0.1) is 11.3 Å². The Morgan fingerprint density at radius 2 is 1.86 bits per heavy atom. The van der Waals surface area contributed by atoms with Gasteiger partial charge in [-0.25, -0.2) is 14.2 Å². The van der Waals surface area contributed by atoms with Crippen LogP contribution in [0, 0.1) is 5.82 Å². The number of carbonyl (C=O) groups is 2. The Hall–Kier alpha value is -4.87. The van der Waals surface area contributed by atoms with E-state index < -0.39 is 59.6 Å². The number of methoxy groups -OCH3 is 1. The van der Waals surface area contributed by atoms with Crippen LogP contribution in [0.15, 0.2) is 54.7 Å². The van der Waals surface area contributed by atoms with E-state index >= 15 is 4.39 Å². The molecule has 3 atom stereocenters. The van der Waals surface area contributed by atoms with Crippen LogP contribution in [0.1, 0.15) is 81.7 Å². The Kier molecular flexibility index (Phi) is 9.28. The van der Waals surface area contributed by atoms with Crippen LogP contribution in [-0.4, -0.2) is 69.5 Å². The third-order valence-electron chi connectivity index (χ3n) is 11.3. The summed E-state index contributed by atoms with van der Waals surface area (Å²) in [5.41, 5.74) is 1.64. The molecule has 6 heterocycles. The van der Waals surface area contributed by atoms with Crippen LogP contribution in [0.4, 0.5) is 22.4 Å². The van der Waals surface area contributed by atoms with Crippen molar-refractivity contribution in [2.24, 2.45) is 0 Å². The molecule has 2 amide bonds. The van der Waals surface area contributed by atoms with Gasteiger partial charge in [0.25, 0.3) is 0 Å². The minimum absolute atomic E-state index is 0.141. The number of likely N-dealkylation sites (tertiary alicyclic amines) is 1. The Labute approximate surface area is 324 Å². The summed E-state index contributed by atoms with van der Waals surface area (Å²) in [5.74, 6) is -0.242. The maximum Gasteiger partial charge on any atom is 0.494 e. The number of rotatable bonds is 7. The lowest BCUT2D eigenvalue weighted by Gasteiger charge is -2.32. The maximum atomic E-state index is 16.5. The number of aromatic nitrogens is 3. The zero-order valence-electron chi connectivity index (χ0n) is 31.5. The number of fused-ring (bicyclic) bond motifs is 5. The molecule has 5 aromatic rings. The number of imidazole rings is 1. The number of benzene rings is 2. The van der Waals surface area contributed by atoms with Gasteiger partial charge in [-0.1, -0.05) is 19.1 Å². The highest BCUT2D eigenvalue weighted by Gasteiger charge is 2.52. The number of alkyl carbamates (subject to hydrolysis) is 1. The highest BCUT2D eigenvalue weighted by molar-refractivity contribution is 7.12. The van der Waals surface area contributed by atoms with Crippen molar-refractivity contribution in [3.63, 3.8) is 0 Å². The molecular formula is C39H40BF4N5O6S. The molecular weight excluding hydrogens is 753 g/mol. The number of thiophene rings is 1. The number of nitrogens with zero attached hydrogens (tertiary/aromatic N) is 3. The molecule has 8 rings (SSSR count). The molecule has 0 bridgehead atoms. The molecule has 0 aliphatic carbocycles. The first kappa shape index (κ1) is 38.0. The molecule has 0 spiro atoms. The normalized spacial score (nSPS) is 20.5. The molecule has 0 saturated carbocycles. The van der Waals surface area contributed by atoms with E-state index in [1.54, 1.807) is 34.7 Å². The fourth-order valence-electron chi connectivity index (χ4n) is 7.61. The summed E-state index contributed by atoms with van der Waals surface area (Å²) in [4.78, 5) is 34.3. The van der Waals surface area contributed by atoms with Crippen LogP contribution < -0.4 is 15.5 Å². The molecule has 3 aliphatic rings. The molecule has 2 aromatic carbocycles. The van der Waals surface area contributed by atoms with E-state index in [-0.39, 0.29) is 22.1 Å². The van der Waals surface area contributed by atoms with E-state index in [1.807, 2.05) is 45.9 Å². The van der Waals surface area contributed by atoms with Crippen molar-refractivity contribution < 1.29 is 45.9 Å². The van der Waals surface area contributed by atoms with Crippen LogP contribution in [0.5, 0.6) is 5.75 Å². The van der Waals surface area contributed by atoms with Crippen LogP contribution >= 0.6 is 11.3 Å². The lowest BCUT2D eigenvalue weighted by Crippen LogP contribution is -2.48. The number of hydrogen-bond acceptors (Lipinski definition) is 8. The average molecular weight is 794 g/mol. The molecule has 3 unspecified atom stereocenters. The third kappa shape index (κ3) is 6.42. The fourth-order valence-corrected chi connectivity index (χ4v) is 8.50. The quantitative estimate of drug-likeness (QED) is 0.127. The highest BCUT2D eigenvalue weighted by atomic mass is 32.1. The SMILES string of the molecule is CCC(NC(=O)OC)C(=O)N1CCCC1c1ncc(-c2cc(F)c3c(c2)OC(c2ccc(C(F)(F)F)s2)n2c-3cc3cc(B4OC(C)(C)C(C)(C)O4)ccc32)[nH]1. The summed E-state index contributed by atoms with van der Waals surface area (Å²) in [6.07, 6.45) is -3.06. The standard InChI is InChI=1S/C39H40BF4N5O6S/c1-7-24(47-36(51)52-6)34(50)48-14-8-9-27(48)33-45-19-25(46-33)20-16-23(41)32-28-17-21-15-22(40-54-37(2,3)38(4,5)55-40)10-11-26(21)49(28)35(53-29(32)18-20)30-12-13-31(56-30)39(42,43)44/h10-13,15-19,24,27,35H,7-9,14H2,1-6H3,(H,45,46)(H,47,51). The Balaban J connectivity index is 1.17. The Morgan fingerprint density at radius 1 is 1.11 bits per heavy atom. The summed E-state index contributed by atoms with van der Waals surface area (Å²) >= 11 is 0.569. The van der Waals surface area contributed by atoms with Crippen molar-refractivity contribution in [2.45, 2.75) is 89.6 Å². The number of carbonyl (C=O) groups excluding carboxylic acids is 2. The Morgan fingerprint density at radius 3 is 2.54 bits per heavy atom. The van der Waals surface area contributed by atoms with Gasteiger partial charge in [-0.3, -0.25) is 9.36 Å². The van der Waals surface area contributed by atoms with E-state index in [0.29, 0.717) is 64.4 Å². The van der Waals surface area contributed by atoms with Gasteiger partial charge in [-0.2, -0.15) is 13.2 Å². The topological polar surface area (TPSA) is 120 Å². The van der Waals surface area contributed by atoms with Gasteiger partial charge < -0.3 is 34.0 Å². The molecule has 56 heavy (non-hydrogen) atoms. The van der Waals surface area contributed by atoms with Gasteiger partial charge in [-0.05, 0) is 88.8 Å². The van der Waals surface area contributed by atoms with E-state index in [0.717, 1.165) is 17.9 Å². The number of nitrogens with one attached hydrogen (secondary N) is 2. The third-order valence-corrected chi connectivity index (χ3v) is 12.4. The second-order valence-electron chi connectivity index (χ2n) is 15.3. The van der Waals surface area contributed by atoms with Gasteiger partial charge in [0.2, 0.25) is 12.1 Å². The monoisotopic (exact) mass is 793 g/mol. The van der Waals surface area contributed by atoms with Gasteiger partial charge in [0, 0.05) is 17.5 Å². The smallest absolute Gasteiger partial charge is 0.464 e. The van der Waals surface area contributed by atoms with Gasteiger partial charge in [0.1, 0.15) is 28.3 Å². The van der Waals surface area contributed by atoms with E-state index in [9.17, 15) is 22.8 Å². The van der Waals surface area contributed by atoms with Crippen molar-refractivity contribution in [3.8, 4) is 28.3 Å². The summed E-state index contributed by atoms with van der Waals surface area (Å²) in [6, 6.07) is 11.6. The molecule has 294 valence electrons. The molecule has 17 heteroatoms. The van der Waals surface area contributed by atoms with Crippen LogP contribution in [0.25, 0.3) is 33.4 Å². The van der Waals surface area contributed by atoms with Gasteiger partial charge in [0.15, 0.2) is 0 Å². The zero-order valence-corrected chi connectivity index (χ0v) is 32.4. The number of ether oxygens (including phenoxy) is 2. The summed E-state index contributed by atoms with van der Waals surface area (Å²) in [7, 11) is 0.569. The predicted molar refractivity (Wildman–Crippen MR) is 202 cm³/mol. The number of aromatic amines is 1. The van der Waals surface area contributed by atoms with Crippen molar-refractivity contribution in [1.82, 2.24) is 24.8 Å². The van der Waals surface area contributed by atoms with E-state index in [2.05, 4.69) is 15.3 Å². The number of halogens is 4. The molecule has 3 aliphatic heterocycles. The number of H-pyrrole nitrogens is 1. The van der Waals surface area contributed by atoms with Crippen molar-refractivity contribution in [3.05, 3.63) is 76.1 Å². The summed E-state index contributed by atoms with van der Waals surface area (Å²) in [5, 5.41) is 3.29. The van der Waals surface area contributed by atoms with Crippen LogP contribution in [0.2, 0.25) is 0 Å². The predicted octanol–water partition coefficient (Wildman–Crippen LogP) is 7.95. The molecule has 3 aromatic heterocycles. The second kappa shape index (κ2) is 13.7. The first-order valence-corrected chi connectivity index (χ1v) is 19.2. The summed E-state index contributed by atoms with van der Waals surface area (Å²) in [6.45, 7) is 10.1. The minimum atomic E-state index is -4.55. The summed E-state index contributed by atoms with van der Waals surface area (Å²) < 4.78 is 83.5. The van der Waals surface area contributed by atoms with Crippen LogP contribution in [0.3, 0.4) is 0 Å². The second-order valence-corrected chi connectivity index (χ2v) is 16.4. The Bertz CT molecular complexity index is 2340. The maximum absolute atomic E-state index is 16.5. The molecule has 11 nitrogen and oxygen atoms in total. The van der Waals surface area contributed by atoms with Crippen molar-refractivity contribution >= 4 is 46.8 Å². The highest BCUT2D eigenvalue weighted by Crippen LogP contribution is 2.49. The first-order chi connectivity index (χ1) is 26.5. The lowest BCUT2D eigenvalue weighted by molar-refractivity contribution is -0.135. The lowest BCUT2D eigenvalue weighted by atomic mass is 9.78. The molecule has 0 radical (unpaired) electrons. The molecule has 2 saturated heterocycles. The largest absolute Gasteiger partial charge is 0.494 e. The van der Waals surface area contributed by atoms with Crippen molar-refractivity contribution in [1.29, 1.82) is 0 Å². The fraction of sp³-hybridized carbons (Fsp3) is 0.410. The van der Waals surface area contributed by atoms with Gasteiger partial charge >= 0.3 is 19.4 Å². The number of hydrogen-bond donors (Lipinski definition) is 2. The minimum Gasteiger partial charge on any atom is -0.464 e. The first-order valence-electron chi connectivity index (χ1n) is 18.4. The van der Waals surface area contributed by atoms with Gasteiger partial charge in [0.05, 0.1) is 57.9 Å². The molecule has 2 N–H and O–H groups in total. The van der Waals surface area contributed by atoms with Crippen LogP contribution in [-0.2, 0) is 25.0 Å². The van der Waals surface area contributed by atoms with Crippen molar-refractivity contribution in [2.75, 3.05) is 13.7 Å². The zero-order chi connectivity index (χ0) is 39.9. The molecule has 2 fully saturated rings. The average Bonchev–Trinajstić information content (AvgIpc) is 3.98. The number of amides is 2. The van der Waals surface area contributed by atoms with E-state index in [1.165, 1.54) is 19.2 Å². The van der Waals surface area contributed by atoms with E-state index in [4.69, 9.17) is 18.8 Å².